The molecule has 1 N–H and O–H groups in total. The summed E-state index contributed by atoms with van der Waals surface area (Å²) < 4.78 is 5.42. The highest BCUT2D eigenvalue weighted by Crippen LogP contribution is 2.24. The minimum Gasteiger partial charge on any atom is -0.494 e. The van der Waals surface area contributed by atoms with E-state index in [0.29, 0.717) is 17.9 Å². The molecule has 0 aromatic heterocycles. The summed E-state index contributed by atoms with van der Waals surface area (Å²) in [5.74, 6) is 0.654. The maximum Gasteiger partial charge on any atom is 0.256 e. The van der Waals surface area contributed by atoms with Crippen LogP contribution in [0.4, 0.5) is 5.69 Å². The predicted molar refractivity (Wildman–Crippen MR) is 106 cm³/mol. The lowest BCUT2D eigenvalue weighted by molar-refractivity contribution is -0.115. The maximum atomic E-state index is 12.9. The van der Waals surface area contributed by atoms with E-state index in [-0.39, 0.29) is 18.2 Å². The van der Waals surface area contributed by atoms with Gasteiger partial charge in [0.25, 0.3) is 5.91 Å². The molecule has 142 valence electrons. The van der Waals surface area contributed by atoms with E-state index in [1.165, 1.54) is 0 Å². The quantitative estimate of drug-likeness (QED) is 0.846. The van der Waals surface area contributed by atoms with E-state index < -0.39 is 0 Å². The fourth-order valence-electron chi connectivity index (χ4n) is 3.38. The molecule has 27 heavy (non-hydrogen) atoms. The minimum absolute atomic E-state index is 0.00182. The Kier molecular flexibility index (Phi) is 6.12. The normalized spacial score (nSPS) is 13.5. The Morgan fingerprint density at radius 2 is 1.78 bits per heavy atom. The number of carbonyl (C=O) groups excluding carboxylic acids is 2. The van der Waals surface area contributed by atoms with Gasteiger partial charge in [-0.3, -0.25) is 9.59 Å². The van der Waals surface area contributed by atoms with Gasteiger partial charge in [-0.15, -0.1) is 0 Å². The standard InChI is InChI=1S/C22H26N2O3/c1-3-27-18-11-9-17(10-12-18)15-20(25)23-19-8-6-7-16(2)21(19)22(26)24-13-4-5-14-24/h6-12H,3-5,13-15H2,1-2H3,(H,23,25). The highest BCUT2D eigenvalue weighted by molar-refractivity contribution is 6.05. The monoisotopic (exact) mass is 366 g/mol. The molecule has 0 aliphatic carbocycles. The topological polar surface area (TPSA) is 58.6 Å². The average molecular weight is 366 g/mol. The van der Waals surface area contributed by atoms with Crippen LogP contribution in [0.15, 0.2) is 42.5 Å². The summed E-state index contributed by atoms with van der Waals surface area (Å²) in [7, 11) is 0. The van der Waals surface area contributed by atoms with Crippen molar-refractivity contribution in [1.29, 1.82) is 0 Å². The summed E-state index contributed by atoms with van der Waals surface area (Å²) in [6.45, 7) is 6.02. The van der Waals surface area contributed by atoms with Crippen LogP contribution in [0.25, 0.3) is 0 Å². The lowest BCUT2D eigenvalue weighted by atomic mass is 10.0. The fourth-order valence-corrected chi connectivity index (χ4v) is 3.38. The molecule has 0 saturated carbocycles. The molecule has 5 nitrogen and oxygen atoms in total. The maximum absolute atomic E-state index is 12.9. The van der Waals surface area contributed by atoms with Crippen molar-refractivity contribution in [1.82, 2.24) is 4.90 Å². The van der Waals surface area contributed by atoms with Gasteiger partial charge >= 0.3 is 0 Å². The lowest BCUT2D eigenvalue weighted by Gasteiger charge is -2.19. The van der Waals surface area contributed by atoms with Gasteiger partial charge in [-0.25, -0.2) is 0 Å². The lowest BCUT2D eigenvalue weighted by Crippen LogP contribution is -2.29. The number of benzene rings is 2. The Balaban J connectivity index is 1.72. The van der Waals surface area contributed by atoms with Crippen LogP contribution >= 0.6 is 0 Å². The van der Waals surface area contributed by atoms with Gasteiger partial charge in [-0.2, -0.15) is 0 Å². The first kappa shape index (κ1) is 19.0. The third-order valence-corrected chi connectivity index (χ3v) is 4.75. The van der Waals surface area contributed by atoms with Gasteiger partial charge in [-0.1, -0.05) is 24.3 Å². The summed E-state index contributed by atoms with van der Waals surface area (Å²) in [6.07, 6.45) is 2.33. The van der Waals surface area contributed by atoms with Crippen molar-refractivity contribution in [3.8, 4) is 5.75 Å². The molecular formula is C22H26N2O3. The van der Waals surface area contributed by atoms with Gasteiger partial charge in [0.1, 0.15) is 5.75 Å². The van der Waals surface area contributed by atoms with Crippen LogP contribution in [0.3, 0.4) is 0 Å². The summed E-state index contributed by atoms with van der Waals surface area (Å²) in [6, 6.07) is 13.1. The van der Waals surface area contributed by atoms with Gasteiger partial charge in [0.2, 0.25) is 5.91 Å². The summed E-state index contributed by atoms with van der Waals surface area (Å²) in [4.78, 5) is 27.3. The zero-order valence-corrected chi connectivity index (χ0v) is 16.0. The largest absolute Gasteiger partial charge is 0.494 e. The second-order valence-electron chi connectivity index (χ2n) is 6.80. The number of hydrogen-bond donors (Lipinski definition) is 1. The van der Waals surface area contributed by atoms with Crippen LogP contribution in [0.1, 0.15) is 41.3 Å². The molecule has 1 saturated heterocycles. The van der Waals surface area contributed by atoms with Gasteiger partial charge < -0.3 is 15.0 Å². The second-order valence-corrected chi connectivity index (χ2v) is 6.80. The first-order valence-electron chi connectivity index (χ1n) is 9.49. The van der Waals surface area contributed by atoms with E-state index >= 15 is 0 Å². The number of hydrogen-bond acceptors (Lipinski definition) is 3. The van der Waals surface area contributed by atoms with E-state index in [1.54, 1.807) is 6.07 Å². The molecule has 0 bridgehead atoms. The Morgan fingerprint density at radius 1 is 1.07 bits per heavy atom. The molecular weight excluding hydrogens is 340 g/mol. The first-order valence-corrected chi connectivity index (χ1v) is 9.49. The van der Waals surface area contributed by atoms with Crippen molar-refractivity contribution in [3.63, 3.8) is 0 Å². The van der Waals surface area contributed by atoms with Crippen LogP contribution in [-0.2, 0) is 11.2 Å². The molecule has 2 aromatic carbocycles. The van der Waals surface area contributed by atoms with Gasteiger partial charge in [0, 0.05) is 13.1 Å². The predicted octanol–water partition coefficient (Wildman–Crippen LogP) is 3.81. The van der Waals surface area contributed by atoms with Crippen molar-refractivity contribution in [2.45, 2.75) is 33.1 Å². The molecule has 1 aliphatic rings. The number of nitrogens with zero attached hydrogens (tertiary/aromatic N) is 1. The van der Waals surface area contributed by atoms with Crippen molar-refractivity contribution >= 4 is 17.5 Å². The molecule has 1 fully saturated rings. The number of amides is 2. The summed E-state index contributed by atoms with van der Waals surface area (Å²) in [5.41, 5.74) is 2.96. The molecule has 2 amide bonds. The zero-order chi connectivity index (χ0) is 19.2. The highest BCUT2D eigenvalue weighted by Gasteiger charge is 2.24. The van der Waals surface area contributed by atoms with E-state index in [0.717, 1.165) is 42.8 Å². The number of carbonyl (C=O) groups is 2. The molecule has 3 rings (SSSR count). The Labute approximate surface area is 160 Å². The van der Waals surface area contributed by atoms with Crippen LogP contribution in [-0.4, -0.2) is 36.4 Å². The number of aryl methyl sites for hydroxylation is 1. The van der Waals surface area contributed by atoms with Crippen LogP contribution in [0, 0.1) is 6.92 Å². The van der Waals surface area contributed by atoms with Crippen molar-refractivity contribution in [3.05, 3.63) is 59.2 Å². The Morgan fingerprint density at radius 3 is 2.44 bits per heavy atom. The van der Waals surface area contributed by atoms with Crippen LogP contribution in [0.5, 0.6) is 5.75 Å². The molecule has 0 unspecified atom stereocenters. The number of rotatable bonds is 6. The molecule has 1 heterocycles. The highest BCUT2D eigenvalue weighted by atomic mass is 16.5. The van der Waals surface area contributed by atoms with E-state index in [2.05, 4.69) is 5.32 Å². The second kappa shape index (κ2) is 8.71. The Bertz CT molecular complexity index is 809. The molecule has 0 spiro atoms. The van der Waals surface area contributed by atoms with Crippen LogP contribution in [0.2, 0.25) is 0 Å². The molecule has 0 atom stereocenters. The number of likely N-dealkylation sites (tertiary alicyclic amines) is 1. The van der Waals surface area contributed by atoms with Crippen molar-refractivity contribution in [2.75, 3.05) is 25.0 Å². The summed E-state index contributed by atoms with van der Waals surface area (Å²) >= 11 is 0. The van der Waals surface area contributed by atoms with Gasteiger partial charge in [0.05, 0.1) is 24.3 Å². The van der Waals surface area contributed by atoms with E-state index in [9.17, 15) is 9.59 Å². The SMILES string of the molecule is CCOc1ccc(CC(=O)Nc2cccc(C)c2C(=O)N2CCCC2)cc1. The van der Waals surface area contributed by atoms with Crippen molar-refractivity contribution < 1.29 is 14.3 Å². The number of nitrogens with one attached hydrogen (secondary N) is 1. The molecule has 1 aliphatic heterocycles. The zero-order valence-electron chi connectivity index (χ0n) is 16.0. The first-order chi connectivity index (χ1) is 13.1. The molecule has 0 radical (unpaired) electrons. The van der Waals surface area contributed by atoms with E-state index in [1.807, 2.05) is 55.1 Å². The van der Waals surface area contributed by atoms with E-state index in [4.69, 9.17) is 4.74 Å². The smallest absolute Gasteiger partial charge is 0.256 e. The fraction of sp³-hybridized carbons (Fsp3) is 0.364. The third-order valence-electron chi connectivity index (χ3n) is 4.75. The minimum atomic E-state index is -0.139. The van der Waals surface area contributed by atoms with Gasteiger partial charge in [-0.05, 0) is 56.0 Å². The molecule has 2 aromatic rings. The number of anilines is 1. The third kappa shape index (κ3) is 4.67. The van der Waals surface area contributed by atoms with Gasteiger partial charge in [0.15, 0.2) is 0 Å². The van der Waals surface area contributed by atoms with Crippen molar-refractivity contribution in [2.24, 2.45) is 0 Å². The molecule has 5 heteroatoms. The average Bonchev–Trinajstić information content (AvgIpc) is 3.18. The van der Waals surface area contributed by atoms with Crippen LogP contribution < -0.4 is 10.1 Å². The number of ether oxygens (including phenoxy) is 1. The summed E-state index contributed by atoms with van der Waals surface area (Å²) in [5, 5.41) is 2.93. The Hall–Kier alpha value is -2.82.